The zero-order chi connectivity index (χ0) is 13.6. The summed E-state index contributed by atoms with van der Waals surface area (Å²) < 4.78 is 5.35. The fourth-order valence-corrected chi connectivity index (χ4v) is 1.95. The second-order valence-corrected chi connectivity index (χ2v) is 4.68. The molecule has 2 heteroatoms. The van der Waals surface area contributed by atoms with Gasteiger partial charge in [-0.1, -0.05) is 44.6 Å². The molecule has 0 saturated heterocycles. The molecule has 0 fully saturated rings. The predicted molar refractivity (Wildman–Crippen MR) is 77.5 cm³/mol. The number of unbranched alkanes of at least 4 members (excludes halogenated alkanes) is 4. The van der Waals surface area contributed by atoms with Gasteiger partial charge in [0.05, 0.1) is 0 Å². The molecule has 18 heavy (non-hydrogen) atoms. The van der Waals surface area contributed by atoms with Gasteiger partial charge in [-0.3, -0.25) is 4.79 Å². The first kappa shape index (κ1) is 16.9. The molecule has 0 aromatic carbocycles. The molecule has 0 aliphatic carbocycles. The molecule has 0 aliphatic heterocycles. The Balaban J connectivity index is 3.74. The van der Waals surface area contributed by atoms with E-state index in [1.807, 2.05) is 6.08 Å². The zero-order valence-corrected chi connectivity index (χ0v) is 12.0. The van der Waals surface area contributed by atoms with Gasteiger partial charge in [-0.25, -0.2) is 0 Å². The van der Waals surface area contributed by atoms with Crippen LogP contribution in [0.15, 0.2) is 24.8 Å². The van der Waals surface area contributed by atoms with Crippen molar-refractivity contribution in [1.82, 2.24) is 0 Å². The molecule has 104 valence electrons. The standard InChI is InChI=1S/C16H28O2/c1-4-6-8-9-10-12-14-16(18-15(3)17)13-11-7-5-2/h4,6,8,16H,1,5,7,9-14H2,2-3H3. The van der Waals surface area contributed by atoms with Gasteiger partial charge in [-0.15, -0.1) is 0 Å². The molecule has 1 atom stereocenters. The summed E-state index contributed by atoms with van der Waals surface area (Å²) in [5.74, 6) is -0.150. The fraction of sp³-hybridized carbons (Fsp3) is 0.688. The third-order valence-electron chi connectivity index (χ3n) is 2.88. The first-order chi connectivity index (χ1) is 8.70. The second kappa shape index (κ2) is 12.4. The van der Waals surface area contributed by atoms with Crippen molar-refractivity contribution in [3.63, 3.8) is 0 Å². The molecular formula is C16H28O2. The quantitative estimate of drug-likeness (QED) is 0.300. The van der Waals surface area contributed by atoms with E-state index in [2.05, 4.69) is 19.6 Å². The maximum atomic E-state index is 11.0. The van der Waals surface area contributed by atoms with Gasteiger partial charge in [0, 0.05) is 6.92 Å². The van der Waals surface area contributed by atoms with Gasteiger partial charge < -0.3 is 4.74 Å². The lowest BCUT2D eigenvalue weighted by Gasteiger charge is -2.16. The summed E-state index contributed by atoms with van der Waals surface area (Å²) in [6.07, 6.45) is 15.0. The number of allylic oxidation sites excluding steroid dienone is 3. The maximum Gasteiger partial charge on any atom is 0.302 e. The van der Waals surface area contributed by atoms with Gasteiger partial charge >= 0.3 is 5.97 Å². The van der Waals surface area contributed by atoms with Crippen LogP contribution in [0.4, 0.5) is 0 Å². The fourth-order valence-electron chi connectivity index (χ4n) is 1.95. The summed E-state index contributed by atoms with van der Waals surface area (Å²) in [5, 5.41) is 0. The topological polar surface area (TPSA) is 26.3 Å². The molecule has 0 rings (SSSR count). The number of carbonyl (C=O) groups is 1. The number of carbonyl (C=O) groups excluding carboxylic acids is 1. The Bertz CT molecular complexity index is 243. The van der Waals surface area contributed by atoms with Crippen molar-refractivity contribution in [2.24, 2.45) is 0 Å². The highest BCUT2D eigenvalue weighted by Gasteiger charge is 2.10. The molecule has 0 radical (unpaired) electrons. The van der Waals surface area contributed by atoms with Crippen LogP contribution >= 0.6 is 0 Å². The van der Waals surface area contributed by atoms with Gasteiger partial charge in [-0.2, -0.15) is 0 Å². The van der Waals surface area contributed by atoms with E-state index in [-0.39, 0.29) is 12.1 Å². The molecule has 0 aromatic heterocycles. The summed E-state index contributed by atoms with van der Waals surface area (Å²) >= 11 is 0. The highest BCUT2D eigenvalue weighted by atomic mass is 16.5. The third-order valence-corrected chi connectivity index (χ3v) is 2.88. The van der Waals surface area contributed by atoms with Gasteiger partial charge in [0.2, 0.25) is 0 Å². The Morgan fingerprint density at radius 2 is 1.89 bits per heavy atom. The van der Waals surface area contributed by atoms with Crippen molar-refractivity contribution in [2.45, 2.75) is 71.3 Å². The number of esters is 1. The Kier molecular flexibility index (Phi) is 11.7. The SMILES string of the molecule is C=CC=CCCCCC(CCCCC)OC(C)=O. The van der Waals surface area contributed by atoms with Crippen molar-refractivity contribution < 1.29 is 9.53 Å². The van der Waals surface area contributed by atoms with Crippen molar-refractivity contribution in [2.75, 3.05) is 0 Å². The van der Waals surface area contributed by atoms with Crippen LogP contribution in [-0.4, -0.2) is 12.1 Å². The van der Waals surface area contributed by atoms with Gasteiger partial charge in [0.1, 0.15) is 6.10 Å². The average molecular weight is 252 g/mol. The minimum absolute atomic E-state index is 0.123. The summed E-state index contributed by atoms with van der Waals surface area (Å²) in [5.41, 5.74) is 0. The Hall–Kier alpha value is -1.05. The molecule has 1 unspecified atom stereocenters. The molecule has 0 N–H and O–H groups in total. The van der Waals surface area contributed by atoms with E-state index < -0.39 is 0 Å². The summed E-state index contributed by atoms with van der Waals surface area (Å²) in [6, 6.07) is 0. The van der Waals surface area contributed by atoms with Crippen LogP contribution < -0.4 is 0 Å². The van der Waals surface area contributed by atoms with Gasteiger partial charge in [-0.05, 0) is 38.5 Å². The van der Waals surface area contributed by atoms with Gasteiger partial charge in [0.25, 0.3) is 0 Å². The number of ether oxygens (including phenoxy) is 1. The molecule has 0 amide bonds. The number of hydrogen-bond acceptors (Lipinski definition) is 2. The van der Waals surface area contributed by atoms with Crippen LogP contribution in [0, 0.1) is 0 Å². The molecular weight excluding hydrogens is 224 g/mol. The van der Waals surface area contributed by atoms with E-state index >= 15 is 0 Å². The smallest absolute Gasteiger partial charge is 0.302 e. The second-order valence-electron chi connectivity index (χ2n) is 4.68. The monoisotopic (exact) mass is 252 g/mol. The van der Waals surface area contributed by atoms with Crippen molar-refractivity contribution in [3.05, 3.63) is 24.8 Å². The Labute approximate surface area is 112 Å². The first-order valence-electron chi connectivity index (χ1n) is 7.15. The minimum atomic E-state index is -0.150. The number of rotatable bonds is 11. The first-order valence-corrected chi connectivity index (χ1v) is 7.15. The predicted octanol–water partition coefficient (Wildman–Crippen LogP) is 4.80. The van der Waals surface area contributed by atoms with Crippen LogP contribution in [0.2, 0.25) is 0 Å². The molecule has 2 nitrogen and oxygen atoms in total. The van der Waals surface area contributed by atoms with Crippen molar-refractivity contribution >= 4 is 5.97 Å². The highest BCUT2D eigenvalue weighted by molar-refractivity contribution is 5.66. The lowest BCUT2D eigenvalue weighted by Crippen LogP contribution is -2.16. The summed E-state index contributed by atoms with van der Waals surface area (Å²) in [6.45, 7) is 7.32. The average Bonchev–Trinajstić information content (AvgIpc) is 2.33. The largest absolute Gasteiger partial charge is 0.463 e. The molecule has 0 bridgehead atoms. The van der Waals surface area contributed by atoms with Crippen LogP contribution in [0.5, 0.6) is 0 Å². The molecule has 0 heterocycles. The molecule has 0 spiro atoms. The zero-order valence-electron chi connectivity index (χ0n) is 12.0. The Morgan fingerprint density at radius 1 is 1.22 bits per heavy atom. The van der Waals surface area contributed by atoms with E-state index in [1.165, 1.54) is 19.8 Å². The summed E-state index contributed by atoms with van der Waals surface area (Å²) in [4.78, 5) is 11.0. The molecule has 0 aliphatic rings. The minimum Gasteiger partial charge on any atom is -0.463 e. The van der Waals surface area contributed by atoms with Gasteiger partial charge in [0.15, 0.2) is 0 Å². The van der Waals surface area contributed by atoms with E-state index in [4.69, 9.17) is 4.74 Å². The lowest BCUT2D eigenvalue weighted by atomic mass is 10.0. The Morgan fingerprint density at radius 3 is 2.44 bits per heavy atom. The van der Waals surface area contributed by atoms with Crippen LogP contribution in [0.25, 0.3) is 0 Å². The van der Waals surface area contributed by atoms with Crippen molar-refractivity contribution in [1.29, 1.82) is 0 Å². The molecule has 0 saturated carbocycles. The maximum absolute atomic E-state index is 11.0. The number of hydrogen-bond donors (Lipinski definition) is 0. The van der Waals surface area contributed by atoms with Crippen LogP contribution in [0.3, 0.4) is 0 Å². The van der Waals surface area contributed by atoms with E-state index in [9.17, 15) is 4.79 Å². The molecule has 0 aromatic rings. The third kappa shape index (κ3) is 11.4. The normalized spacial score (nSPS) is 12.6. The van der Waals surface area contributed by atoms with E-state index in [1.54, 1.807) is 6.08 Å². The van der Waals surface area contributed by atoms with Crippen LogP contribution in [-0.2, 0) is 9.53 Å². The lowest BCUT2D eigenvalue weighted by molar-refractivity contribution is -0.147. The van der Waals surface area contributed by atoms with Crippen LogP contribution in [0.1, 0.15) is 65.2 Å². The van der Waals surface area contributed by atoms with Crippen molar-refractivity contribution in [3.8, 4) is 0 Å². The van der Waals surface area contributed by atoms with E-state index in [0.29, 0.717) is 0 Å². The van der Waals surface area contributed by atoms with E-state index in [0.717, 1.165) is 38.5 Å². The summed E-state index contributed by atoms with van der Waals surface area (Å²) in [7, 11) is 0. The highest BCUT2D eigenvalue weighted by Crippen LogP contribution is 2.14.